The summed E-state index contributed by atoms with van der Waals surface area (Å²) in [7, 11) is 0. The van der Waals surface area contributed by atoms with Gasteiger partial charge in [0, 0.05) is 30.3 Å². The summed E-state index contributed by atoms with van der Waals surface area (Å²) in [6.07, 6.45) is 6.78. The van der Waals surface area contributed by atoms with E-state index in [4.69, 9.17) is 0 Å². The van der Waals surface area contributed by atoms with Gasteiger partial charge in [0.2, 0.25) is 5.91 Å². The molecule has 0 aliphatic carbocycles. The van der Waals surface area contributed by atoms with Crippen molar-refractivity contribution in [2.24, 2.45) is 0 Å². The fraction of sp³-hybridized carbons (Fsp3) is 0.409. The van der Waals surface area contributed by atoms with Gasteiger partial charge in [-0.15, -0.1) is 0 Å². The number of amides is 2. The van der Waals surface area contributed by atoms with E-state index in [-0.39, 0.29) is 11.8 Å². The Kier molecular flexibility index (Phi) is 8.57. The summed E-state index contributed by atoms with van der Waals surface area (Å²) in [5, 5.41) is 5.81. The maximum absolute atomic E-state index is 12.8. The molecular weight excluding hydrogens is 464 g/mol. The number of hydrogen-bond donors (Lipinski definition) is 2. The minimum absolute atomic E-state index is 0.187. The quantitative estimate of drug-likeness (QED) is 0.561. The van der Waals surface area contributed by atoms with Gasteiger partial charge in [-0.1, -0.05) is 18.2 Å². The van der Waals surface area contributed by atoms with E-state index in [0.29, 0.717) is 23.0 Å². The first-order chi connectivity index (χ1) is 14.6. The Labute approximate surface area is 190 Å². The van der Waals surface area contributed by atoms with Gasteiger partial charge >= 0.3 is 0 Å². The zero-order chi connectivity index (χ0) is 21.3. The number of hydrogen-bond acceptors (Lipinski definition) is 5. The number of thioether (sulfide) groups is 1. The predicted molar refractivity (Wildman–Crippen MR) is 126 cm³/mol. The predicted octanol–water partition coefficient (Wildman–Crippen LogP) is 3.61. The van der Waals surface area contributed by atoms with E-state index < -0.39 is 6.04 Å². The number of carbonyl (C=O) groups is 2. The summed E-state index contributed by atoms with van der Waals surface area (Å²) < 4.78 is 0.704. The Bertz CT molecular complexity index is 856. The van der Waals surface area contributed by atoms with Crippen LogP contribution in [0.15, 0.2) is 47.1 Å². The van der Waals surface area contributed by atoms with Crippen molar-refractivity contribution < 1.29 is 9.59 Å². The van der Waals surface area contributed by atoms with Gasteiger partial charge in [-0.2, -0.15) is 11.8 Å². The lowest BCUT2D eigenvalue weighted by atomic mass is 10.1. The van der Waals surface area contributed by atoms with Crippen LogP contribution in [0.4, 0.5) is 5.82 Å². The van der Waals surface area contributed by atoms with Crippen molar-refractivity contribution >= 4 is 45.3 Å². The lowest BCUT2D eigenvalue weighted by Crippen LogP contribution is -2.47. The lowest BCUT2D eigenvalue weighted by Gasteiger charge is -2.19. The van der Waals surface area contributed by atoms with Crippen LogP contribution in [0.3, 0.4) is 0 Å². The van der Waals surface area contributed by atoms with Crippen LogP contribution in [0.25, 0.3) is 0 Å². The molecule has 2 N–H and O–H groups in total. The number of benzene rings is 1. The first-order valence-electron chi connectivity index (χ1n) is 10.1. The van der Waals surface area contributed by atoms with E-state index in [1.807, 2.05) is 36.7 Å². The summed E-state index contributed by atoms with van der Waals surface area (Å²) in [6, 6.07) is 10.6. The van der Waals surface area contributed by atoms with Crippen LogP contribution in [-0.2, 0) is 11.3 Å². The first-order valence-corrected chi connectivity index (χ1v) is 12.3. The molecule has 6 nitrogen and oxygen atoms in total. The van der Waals surface area contributed by atoms with Crippen LogP contribution in [0, 0.1) is 0 Å². The lowest BCUT2D eigenvalue weighted by molar-refractivity contribution is -0.123. The average molecular weight is 491 g/mol. The van der Waals surface area contributed by atoms with Crippen LogP contribution in [0.5, 0.6) is 0 Å². The topological polar surface area (TPSA) is 74.3 Å². The Balaban J connectivity index is 1.58. The van der Waals surface area contributed by atoms with Crippen LogP contribution < -0.4 is 15.5 Å². The maximum atomic E-state index is 12.8. The molecule has 2 amide bonds. The van der Waals surface area contributed by atoms with Crippen molar-refractivity contribution in [1.29, 1.82) is 0 Å². The van der Waals surface area contributed by atoms with E-state index in [1.165, 1.54) is 12.8 Å². The van der Waals surface area contributed by atoms with Gasteiger partial charge in [-0.3, -0.25) is 9.59 Å². The zero-order valence-corrected chi connectivity index (χ0v) is 19.5. The van der Waals surface area contributed by atoms with E-state index in [2.05, 4.69) is 36.4 Å². The molecule has 1 aliphatic rings. The molecule has 0 radical (unpaired) electrons. The Morgan fingerprint density at radius 2 is 1.97 bits per heavy atom. The summed E-state index contributed by atoms with van der Waals surface area (Å²) in [6.45, 7) is 2.49. The van der Waals surface area contributed by atoms with Gasteiger partial charge in [0.25, 0.3) is 5.91 Å². The number of halogens is 1. The number of nitrogens with zero attached hydrogens (tertiary/aromatic N) is 2. The van der Waals surface area contributed by atoms with Crippen molar-refractivity contribution in [3.63, 3.8) is 0 Å². The summed E-state index contributed by atoms with van der Waals surface area (Å²) in [5.74, 6) is 1.31. The highest BCUT2D eigenvalue weighted by Gasteiger charge is 2.22. The van der Waals surface area contributed by atoms with Gasteiger partial charge in [0.05, 0.1) is 5.56 Å². The Morgan fingerprint density at radius 3 is 2.63 bits per heavy atom. The highest BCUT2D eigenvalue weighted by molar-refractivity contribution is 9.10. The molecule has 160 valence electrons. The van der Waals surface area contributed by atoms with Crippen molar-refractivity contribution in [2.45, 2.75) is 31.8 Å². The van der Waals surface area contributed by atoms with E-state index in [1.54, 1.807) is 23.9 Å². The molecule has 0 saturated carbocycles. The number of nitrogens with one attached hydrogen (secondary N) is 2. The third kappa shape index (κ3) is 6.22. The molecule has 1 aromatic carbocycles. The van der Waals surface area contributed by atoms with Crippen molar-refractivity contribution in [3.8, 4) is 0 Å². The highest BCUT2D eigenvalue weighted by Crippen LogP contribution is 2.18. The molecule has 2 heterocycles. The molecule has 1 unspecified atom stereocenters. The molecule has 8 heteroatoms. The van der Waals surface area contributed by atoms with Crippen LogP contribution in [-0.4, -0.2) is 47.9 Å². The second-order valence-corrected chi connectivity index (χ2v) is 9.06. The molecule has 0 spiro atoms. The standard InChI is InChI=1S/C22H27BrN4O2S/c1-30-13-10-19(26-21(28)17-6-2-3-7-18(17)23)22(29)25-15-16-8-9-20(24-14-16)27-11-4-5-12-27/h2-3,6-9,14,19H,4-5,10-13,15H2,1H3,(H,25,29)(H,26,28). The van der Waals surface area contributed by atoms with Gasteiger partial charge in [0.15, 0.2) is 0 Å². The fourth-order valence-electron chi connectivity index (χ4n) is 3.35. The molecule has 1 fully saturated rings. The molecule has 2 aromatic rings. The highest BCUT2D eigenvalue weighted by atomic mass is 79.9. The molecular formula is C22H27BrN4O2S. The SMILES string of the molecule is CSCCC(NC(=O)c1ccccc1Br)C(=O)NCc1ccc(N2CCCC2)nc1. The number of anilines is 1. The fourth-order valence-corrected chi connectivity index (χ4v) is 4.29. The molecule has 1 saturated heterocycles. The second-order valence-electron chi connectivity index (χ2n) is 7.22. The van der Waals surface area contributed by atoms with Gasteiger partial charge in [-0.05, 0) is 71.0 Å². The minimum atomic E-state index is -0.589. The number of rotatable bonds is 9. The van der Waals surface area contributed by atoms with E-state index in [0.717, 1.165) is 30.2 Å². The van der Waals surface area contributed by atoms with Crippen LogP contribution >= 0.6 is 27.7 Å². The molecule has 1 aliphatic heterocycles. The van der Waals surface area contributed by atoms with Crippen LogP contribution in [0.1, 0.15) is 35.2 Å². The first kappa shape index (κ1) is 22.6. The van der Waals surface area contributed by atoms with E-state index in [9.17, 15) is 9.59 Å². The van der Waals surface area contributed by atoms with Gasteiger partial charge < -0.3 is 15.5 Å². The van der Waals surface area contributed by atoms with Crippen molar-refractivity contribution in [3.05, 3.63) is 58.2 Å². The number of pyridine rings is 1. The maximum Gasteiger partial charge on any atom is 0.253 e. The third-order valence-corrected chi connectivity index (χ3v) is 6.39. The third-order valence-electron chi connectivity index (χ3n) is 5.06. The van der Waals surface area contributed by atoms with Gasteiger partial charge in [-0.25, -0.2) is 4.98 Å². The molecule has 30 heavy (non-hydrogen) atoms. The molecule has 3 rings (SSSR count). The average Bonchev–Trinajstić information content (AvgIpc) is 3.30. The van der Waals surface area contributed by atoms with E-state index >= 15 is 0 Å². The Morgan fingerprint density at radius 1 is 1.20 bits per heavy atom. The molecule has 1 aromatic heterocycles. The number of aromatic nitrogens is 1. The summed E-state index contributed by atoms with van der Waals surface area (Å²) >= 11 is 5.04. The second kappa shape index (κ2) is 11.4. The smallest absolute Gasteiger partial charge is 0.253 e. The summed E-state index contributed by atoms with van der Waals surface area (Å²) in [5.41, 5.74) is 1.45. The van der Waals surface area contributed by atoms with Crippen molar-refractivity contribution in [1.82, 2.24) is 15.6 Å². The molecule has 1 atom stereocenters. The van der Waals surface area contributed by atoms with Crippen molar-refractivity contribution in [2.75, 3.05) is 30.0 Å². The monoisotopic (exact) mass is 490 g/mol. The Hall–Kier alpha value is -2.06. The zero-order valence-electron chi connectivity index (χ0n) is 17.1. The summed E-state index contributed by atoms with van der Waals surface area (Å²) in [4.78, 5) is 32.2. The minimum Gasteiger partial charge on any atom is -0.357 e. The largest absolute Gasteiger partial charge is 0.357 e. The van der Waals surface area contributed by atoms with Crippen LogP contribution in [0.2, 0.25) is 0 Å². The molecule has 0 bridgehead atoms. The normalized spacial score (nSPS) is 14.4. The number of carbonyl (C=O) groups excluding carboxylic acids is 2. The van der Waals surface area contributed by atoms with Gasteiger partial charge in [0.1, 0.15) is 11.9 Å².